The van der Waals surface area contributed by atoms with Crippen LogP contribution in [0.4, 0.5) is 10.1 Å². The van der Waals surface area contributed by atoms with Crippen LogP contribution in [0.5, 0.6) is 0 Å². The van der Waals surface area contributed by atoms with Crippen molar-refractivity contribution in [3.05, 3.63) is 28.9 Å². The fraction of sp³-hybridized carbons (Fsp3) is 0.111. The zero-order valence-electron chi connectivity index (χ0n) is 6.68. The lowest BCUT2D eigenvalue weighted by Crippen LogP contribution is -1.85. The summed E-state index contributed by atoms with van der Waals surface area (Å²) in [6, 6.07) is 3.01. The van der Waals surface area contributed by atoms with Crippen LogP contribution in [0.2, 0.25) is 0 Å². The summed E-state index contributed by atoms with van der Waals surface area (Å²) in [6.45, 7) is 0. The molecule has 2 aromatic rings. The van der Waals surface area contributed by atoms with Crippen LogP contribution in [0.25, 0.3) is 10.1 Å². The molecule has 0 fully saturated rings. The van der Waals surface area contributed by atoms with E-state index in [1.807, 2.05) is 5.38 Å². The van der Waals surface area contributed by atoms with Gasteiger partial charge in [0, 0.05) is 20.8 Å². The molecule has 0 amide bonds. The third-order valence-electron chi connectivity index (χ3n) is 1.89. The molecule has 0 aliphatic carbocycles. The molecule has 1 heterocycles. The Bertz CT molecular complexity index is 452. The summed E-state index contributed by atoms with van der Waals surface area (Å²) in [5.41, 5.74) is 7.31. The lowest BCUT2D eigenvalue weighted by Gasteiger charge is -1.99. The van der Waals surface area contributed by atoms with Crippen molar-refractivity contribution < 1.29 is 4.39 Å². The number of hydrogen-bond acceptors (Lipinski definition) is 2. The zero-order chi connectivity index (χ0) is 9.42. The highest BCUT2D eigenvalue weighted by Crippen LogP contribution is 2.32. The molecule has 1 nitrogen and oxygen atoms in total. The molecule has 0 spiro atoms. The second-order valence-electron chi connectivity index (χ2n) is 2.77. The van der Waals surface area contributed by atoms with Crippen LogP contribution in [0.15, 0.2) is 17.5 Å². The summed E-state index contributed by atoms with van der Waals surface area (Å²) in [7, 11) is 0. The molecule has 2 rings (SSSR count). The molecular formula is C9H7BrFNS. The third kappa shape index (κ3) is 1.44. The molecule has 0 saturated heterocycles. The highest BCUT2D eigenvalue weighted by Gasteiger charge is 2.07. The van der Waals surface area contributed by atoms with Gasteiger partial charge in [0.25, 0.3) is 0 Å². The summed E-state index contributed by atoms with van der Waals surface area (Å²) in [6.07, 6.45) is 0. The predicted octanol–water partition coefficient (Wildman–Crippen LogP) is 3.52. The smallest absolute Gasteiger partial charge is 0.124 e. The van der Waals surface area contributed by atoms with Gasteiger partial charge in [-0.25, -0.2) is 4.39 Å². The van der Waals surface area contributed by atoms with Crippen LogP contribution in [-0.4, -0.2) is 0 Å². The largest absolute Gasteiger partial charge is 0.398 e. The van der Waals surface area contributed by atoms with Gasteiger partial charge in [0.05, 0.1) is 5.69 Å². The SMILES string of the molecule is Nc1csc2c(CBr)cc(F)cc12. The van der Waals surface area contributed by atoms with E-state index in [1.165, 1.54) is 12.1 Å². The van der Waals surface area contributed by atoms with Gasteiger partial charge in [-0.2, -0.15) is 0 Å². The number of nitrogens with two attached hydrogens (primary N) is 1. The topological polar surface area (TPSA) is 26.0 Å². The first-order valence-corrected chi connectivity index (χ1v) is 5.73. The summed E-state index contributed by atoms with van der Waals surface area (Å²) in [5, 5.41) is 3.32. The van der Waals surface area contributed by atoms with Gasteiger partial charge in [0.1, 0.15) is 5.82 Å². The van der Waals surface area contributed by atoms with Crippen molar-refractivity contribution in [2.45, 2.75) is 5.33 Å². The van der Waals surface area contributed by atoms with E-state index >= 15 is 0 Å². The Hall–Kier alpha value is -0.610. The average molecular weight is 260 g/mol. The van der Waals surface area contributed by atoms with Gasteiger partial charge >= 0.3 is 0 Å². The number of benzene rings is 1. The minimum atomic E-state index is -0.230. The molecule has 0 radical (unpaired) electrons. The first-order valence-electron chi connectivity index (χ1n) is 3.73. The molecule has 13 heavy (non-hydrogen) atoms. The quantitative estimate of drug-likeness (QED) is 0.780. The number of anilines is 1. The first kappa shape index (κ1) is 8.97. The Morgan fingerprint density at radius 2 is 2.23 bits per heavy atom. The van der Waals surface area contributed by atoms with Gasteiger partial charge < -0.3 is 5.73 Å². The van der Waals surface area contributed by atoms with Gasteiger partial charge in [-0.05, 0) is 17.7 Å². The van der Waals surface area contributed by atoms with Gasteiger partial charge in [-0.3, -0.25) is 0 Å². The van der Waals surface area contributed by atoms with Crippen LogP contribution >= 0.6 is 27.3 Å². The van der Waals surface area contributed by atoms with E-state index in [2.05, 4.69) is 15.9 Å². The fourth-order valence-corrected chi connectivity index (χ4v) is 2.87. The lowest BCUT2D eigenvalue weighted by molar-refractivity contribution is 0.629. The van der Waals surface area contributed by atoms with Crippen molar-refractivity contribution in [3.8, 4) is 0 Å². The Labute approximate surface area is 87.5 Å². The number of hydrogen-bond donors (Lipinski definition) is 1. The number of thiophene rings is 1. The number of fused-ring (bicyclic) bond motifs is 1. The third-order valence-corrected chi connectivity index (χ3v) is 3.58. The summed E-state index contributed by atoms with van der Waals surface area (Å²) in [4.78, 5) is 0. The molecule has 0 unspecified atom stereocenters. The second kappa shape index (κ2) is 3.27. The molecule has 0 aliphatic rings. The molecule has 0 atom stereocenters. The van der Waals surface area contributed by atoms with Gasteiger partial charge in [0.2, 0.25) is 0 Å². The van der Waals surface area contributed by atoms with E-state index in [0.717, 1.165) is 15.6 Å². The Kier molecular flexibility index (Phi) is 2.26. The maximum atomic E-state index is 13.1. The Morgan fingerprint density at radius 3 is 2.92 bits per heavy atom. The van der Waals surface area contributed by atoms with E-state index in [4.69, 9.17) is 5.73 Å². The summed E-state index contributed by atoms with van der Waals surface area (Å²) >= 11 is 4.87. The van der Waals surface area contributed by atoms with Crippen molar-refractivity contribution in [2.75, 3.05) is 5.73 Å². The van der Waals surface area contributed by atoms with Crippen LogP contribution in [0, 0.1) is 5.82 Å². The van der Waals surface area contributed by atoms with Gasteiger partial charge in [-0.15, -0.1) is 11.3 Å². The second-order valence-corrected chi connectivity index (χ2v) is 4.21. The van der Waals surface area contributed by atoms with Crippen molar-refractivity contribution in [1.82, 2.24) is 0 Å². The standard InChI is InChI=1S/C9H7BrFNS/c10-3-5-1-6(11)2-7-8(12)4-13-9(5)7/h1-2,4H,3,12H2. The molecule has 0 aliphatic heterocycles. The van der Waals surface area contributed by atoms with E-state index in [0.29, 0.717) is 11.0 Å². The average Bonchev–Trinajstić information content (AvgIpc) is 2.47. The first-order chi connectivity index (χ1) is 6.22. The van der Waals surface area contributed by atoms with Gasteiger partial charge in [-0.1, -0.05) is 15.9 Å². The van der Waals surface area contributed by atoms with Crippen molar-refractivity contribution >= 4 is 43.0 Å². The van der Waals surface area contributed by atoms with E-state index < -0.39 is 0 Å². The maximum absolute atomic E-state index is 13.1. The molecule has 0 bridgehead atoms. The molecule has 4 heteroatoms. The minimum absolute atomic E-state index is 0.230. The Balaban J connectivity index is 2.84. The van der Waals surface area contributed by atoms with Crippen LogP contribution in [0.3, 0.4) is 0 Å². The molecular weight excluding hydrogens is 253 g/mol. The van der Waals surface area contributed by atoms with E-state index in [9.17, 15) is 4.39 Å². The lowest BCUT2D eigenvalue weighted by atomic mass is 10.1. The molecule has 1 aromatic carbocycles. The number of nitrogen functional groups attached to an aromatic ring is 1. The fourth-order valence-electron chi connectivity index (χ4n) is 1.29. The van der Waals surface area contributed by atoms with Crippen molar-refractivity contribution in [3.63, 3.8) is 0 Å². The van der Waals surface area contributed by atoms with Crippen LogP contribution in [0.1, 0.15) is 5.56 Å². The summed E-state index contributed by atoms with van der Waals surface area (Å²) < 4.78 is 14.1. The molecule has 0 saturated carbocycles. The normalized spacial score (nSPS) is 10.9. The number of rotatable bonds is 1. The minimum Gasteiger partial charge on any atom is -0.398 e. The van der Waals surface area contributed by atoms with Crippen LogP contribution < -0.4 is 5.73 Å². The molecule has 2 N–H and O–H groups in total. The molecule has 1 aromatic heterocycles. The number of alkyl halides is 1. The summed E-state index contributed by atoms with van der Waals surface area (Å²) in [5.74, 6) is -0.230. The van der Waals surface area contributed by atoms with E-state index in [1.54, 1.807) is 11.3 Å². The zero-order valence-corrected chi connectivity index (χ0v) is 9.08. The monoisotopic (exact) mass is 259 g/mol. The molecule has 68 valence electrons. The Morgan fingerprint density at radius 1 is 1.46 bits per heavy atom. The van der Waals surface area contributed by atoms with Crippen molar-refractivity contribution in [1.29, 1.82) is 0 Å². The van der Waals surface area contributed by atoms with E-state index in [-0.39, 0.29) is 5.82 Å². The number of halogens is 2. The highest BCUT2D eigenvalue weighted by atomic mass is 79.9. The van der Waals surface area contributed by atoms with Crippen molar-refractivity contribution in [2.24, 2.45) is 0 Å². The predicted molar refractivity (Wildman–Crippen MR) is 58.8 cm³/mol. The maximum Gasteiger partial charge on any atom is 0.124 e. The highest BCUT2D eigenvalue weighted by molar-refractivity contribution is 9.08. The van der Waals surface area contributed by atoms with Gasteiger partial charge in [0.15, 0.2) is 0 Å². The van der Waals surface area contributed by atoms with Crippen LogP contribution in [-0.2, 0) is 5.33 Å².